The summed E-state index contributed by atoms with van der Waals surface area (Å²) in [6, 6.07) is 0. The van der Waals surface area contributed by atoms with Crippen molar-refractivity contribution in [2.75, 3.05) is 18.1 Å². The Morgan fingerprint density at radius 3 is 1.70 bits per heavy atom. The molecule has 27 heavy (non-hydrogen) atoms. The Kier molecular flexibility index (Phi) is 21.0. The van der Waals surface area contributed by atoms with Gasteiger partial charge in [-0.25, -0.2) is 0 Å². The van der Waals surface area contributed by atoms with E-state index in [9.17, 15) is 9.59 Å². The van der Waals surface area contributed by atoms with Gasteiger partial charge in [0.2, 0.25) is 0 Å². The Bertz CT molecular complexity index is 347. The van der Waals surface area contributed by atoms with Crippen LogP contribution in [-0.4, -0.2) is 35.2 Å². The third kappa shape index (κ3) is 23.3. The molecule has 0 aromatic rings. The second-order valence-corrected chi connectivity index (χ2v) is 8.55. The number of hydrogen-bond acceptors (Lipinski definition) is 4. The summed E-state index contributed by atoms with van der Waals surface area (Å²) in [5, 5.41) is 8.54. The number of esters is 1. The number of thioether (sulfide) groups is 1. The first-order valence-electron chi connectivity index (χ1n) is 11.1. The third-order valence-electron chi connectivity index (χ3n) is 4.61. The van der Waals surface area contributed by atoms with Gasteiger partial charge in [0.15, 0.2) is 0 Å². The van der Waals surface area contributed by atoms with Crippen LogP contribution in [0.5, 0.6) is 0 Å². The Balaban J connectivity index is 3.15. The average Bonchev–Trinajstić information content (AvgIpc) is 2.64. The predicted octanol–water partition coefficient (Wildman–Crippen LogP) is 6.61. The van der Waals surface area contributed by atoms with E-state index in [1.54, 1.807) is 11.8 Å². The lowest BCUT2D eigenvalue weighted by Crippen LogP contribution is -2.06. The molecular formula is C22H42O4S. The lowest BCUT2D eigenvalue weighted by molar-refractivity contribution is -0.143. The van der Waals surface area contributed by atoms with Crippen molar-refractivity contribution in [2.45, 2.75) is 110 Å². The van der Waals surface area contributed by atoms with Gasteiger partial charge >= 0.3 is 11.9 Å². The highest BCUT2D eigenvalue weighted by molar-refractivity contribution is 7.99. The van der Waals surface area contributed by atoms with Crippen molar-refractivity contribution in [1.82, 2.24) is 0 Å². The molecule has 0 aromatic carbocycles. The molecule has 0 amide bonds. The molecule has 0 saturated carbocycles. The number of ether oxygens (including phenoxy) is 1. The zero-order chi connectivity index (χ0) is 20.0. The van der Waals surface area contributed by atoms with E-state index in [1.165, 1.54) is 64.2 Å². The monoisotopic (exact) mass is 402 g/mol. The SMILES string of the molecule is CCCCCCCCCCCCCCOC(=O)CCCSCCCC(=O)O. The van der Waals surface area contributed by atoms with Crippen LogP contribution >= 0.6 is 11.8 Å². The summed E-state index contributed by atoms with van der Waals surface area (Å²) in [4.78, 5) is 22.0. The van der Waals surface area contributed by atoms with Gasteiger partial charge in [-0.3, -0.25) is 9.59 Å². The van der Waals surface area contributed by atoms with Crippen LogP contribution < -0.4 is 0 Å². The van der Waals surface area contributed by atoms with Crippen LogP contribution in [0.15, 0.2) is 0 Å². The molecule has 0 radical (unpaired) electrons. The molecule has 160 valence electrons. The minimum Gasteiger partial charge on any atom is -0.481 e. The fourth-order valence-electron chi connectivity index (χ4n) is 2.95. The maximum atomic E-state index is 11.6. The highest BCUT2D eigenvalue weighted by atomic mass is 32.2. The summed E-state index contributed by atoms with van der Waals surface area (Å²) in [7, 11) is 0. The van der Waals surface area contributed by atoms with Crippen LogP contribution in [0.25, 0.3) is 0 Å². The molecule has 5 heteroatoms. The number of unbranched alkanes of at least 4 members (excludes halogenated alkanes) is 11. The van der Waals surface area contributed by atoms with E-state index >= 15 is 0 Å². The first-order valence-corrected chi connectivity index (χ1v) is 12.3. The Labute approximate surface area is 171 Å². The van der Waals surface area contributed by atoms with Gasteiger partial charge in [-0.05, 0) is 30.8 Å². The van der Waals surface area contributed by atoms with Crippen molar-refractivity contribution < 1.29 is 19.4 Å². The van der Waals surface area contributed by atoms with Crippen LogP contribution in [0.2, 0.25) is 0 Å². The van der Waals surface area contributed by atoms with E-state index in [1.807, 2.05) is 0 Å². The molecule has 0 fully saturated rings. The van der Waals surface area contributed by atoms with Gasteiger partial charge in [-0.15, -0.1) is 0 Å². The minimum absolute atomic E-state index is 0.0933. The van der Waals surface area contributed by atoms with Gasteiger partial charge in [0.1, 0.15) is 0 Å². The number of carbonyl (C=O) groups is 2. The van der Waals surface area contributed by atoms with Crippen molar-refractivity contribution >= 4 is 23.7 Å². The second-order valence-electron chi connectivity index (χ2n) is 7.32. The van der Waals surface area contributed by atoms with Crippen molar-refractivity contribution in [3.05, 3.63) is 0 Å². The Hall–Kier alpha value is -0.710. The van der Waals surface area contributed by atoms with E-state index in [0.717, 1.165) is 30.8 Å². The summed E-state index contributed by atoms with van der Waals surface area (Å²) in [6.45, 7) is 2.82. The molecule has 0 atom stereocenters. The molecule has 0 unspecified atom stereocenters. The molecule has 0 spiro atoms. The normalized spacial score (nSPS) is 10.9. The highest BCUT2D eigenvalue weighted by Gasteiger charge is 2.03. The van der Waals surface area contributed by atoms with Crippen molar-refractivity contribution in [1.29, 1.82) is 0 Å². The highest BCUT2D eigenvalue weighted by Crippen LogP contribution is 2.12. The lowest BCUT2D eigenvalue weighted by Gasteiger charge is -2.05. The quantitative estimate of drug-likeness (QED) is 0.173. The molecule has 0 heterocycles. The maximum absolute atomic E-state index is 11.6. The van der Waals surface area contributed by atoms with Crippen LogP contribution in [0.3, 0.4) is 0 Å². The smallest absolute Gasteiger partial charge is 0.305 e. The summed E-state index contributed by atoms with van der Waals surface area (Å²) in [6.07, 6.45) is 17.9. The molecule has 0 aliphatic rings. The van der Waals surface area contributed by atoms with Crippen LogP contribution in [0.4, 0.5) is 0 Å². The number of carbonyl (C=O) groups excluding carboxylic acids is 1. The van der Waals surface area contributed by atoms with E-state index in [0.29, 0.717) is 19.4 Å². The molecule has 0 bridgehead atoms. The first-order chi connectivity index (χ1) is 13.2. The maximum Gasteiger partial charge on any atom is 0.305 e. The zero-order valence-electron chi connectivity index (χ0n) is 17.5. The minimum atomic E-state index is -0.739. The second kappa shape index (κ2) is 21.6. The fourth-order valence-corrected chi connectivity index (χ4v) is 3.85. The number of carboxylic acids is 1. The molecular weight excluding hydrogens is 360 g/mol. The molecule has 0 aromatic heterocycles. The van der Waals surface area contributed by atoms with Gasteiger partial charge in [-0.1, -0.05) is 77.6 Å². The van der Waals surface area contributed by atoms with Crippen LogP contribution in [0, 0.1) is 0 Å². The number of aliphatic carboxylic acids is 1. The molecule has 0 rings (SSSR count). The predicted molar refractivity (Wildman–Crippen MR) is 115 cm³/mol. The zero-order valence-corrected chi connectivity index (χ0v) is 18.3. The number of hydrogen-bond donors (Lipinski definition) is 1. The van der Waals surface area contributed by atoms with E-state index < -0.39 is 5.97 Å². The van der Waals surface area contributed by atoms with Gasteiger partial charge in [0.25, 0.3) is 0 Å². The molecule has 4 nitrogen and oxygen atoms in total. The van der Waals surface area contributed by atoms with Crippen molar-refractivity contribution in [3.8, 4) is 0 Å². The van der Waals surface area contributed by atoms with Gasteiger partial charge < -0.3 is 9.84 Å². The van der Waals surface area contributed by atoms with Crippen LogP contribution in [-0.2, 0) is 14.3 Å². The summed E-state index contributed by atoms with van der Waals surface area (Å²) in [5.74, 6) is 0.911. The van der Waals surface area contributed by atoms with Gasteiger partial charge in [0, 0.05) is 12.8 Å². The standard InChI is InChI=1S/C22H42O4S/c1-2-3-4-5-6-7-8-9-10-11-12-13-18-26-22(25)17-15-20-27-19-14-16-21(23)24/h2-20H2,1H3,(H,23,24). The average molecular weight is 403 g/mol. The third-order valence-corrected chi connectivity index (χ3v) is 5.76. The summed E-state index contributed by atoms with van der Waals surface area (Å²) in [5.41, 5.74) is 0. The largest absolute Gasteiger partial charge is 0.481 e. The van der Waals surface area contributed by atoms with Gasteiger partial charge in [0.05, 0.1) is 6.61 Å². The molecule has 0 saturated heterocycles. The van der Waals surface area contributed by atoms with Crippen molar-refractivity contribution in [2.24, 2.45) is 0 Å². The topological polar surface area (TPSA) is 63.6 Å². The Morgan fingerprint density at radius 1 is 0.704 bits per heavy atom. The lowest BCUT2D eigenvalue weighted by atomic mass is 10.1. The summed E-state index contributed by atoms with van der Waals surface area (Å²) >= 11 is 1.71. The Morgan fingerprint density at radius 2 is 1.19 bits per heavy atom. The van der Waals surface area contributed by atoms with Crippen LogP contribution in [0.1, 0.15) is 110 Å². The fraction of sp³-hybridized carbons (Fsp3) is 0.909. The first kappa shape index (κ1) is 26.3. The van der Waals surface area contributed by atoms with Gasteiger partial charge in [-0.2, -0.15) is 11.8 Å². The van der Waals surface area contributed by atoms with E-state index in [-0.39, 0.29) is 12.4 Å². The molecule has 0 aliphatic heterocycles. The molecule has 0 aliphatic carbocycles. The number of carboxylic acid groups (broad SMARTS) is 1. The van der Waals surface area contributed by atoms with E-state index in [2.05, 4.69) is 6.92 Å². The van der Waals surface area contributed by atoms with E-state index in [4.69, 9.17) is 9.84 Å². The number of rotatable bonds is 21. The van der Waals surface area contributed by atoms with Crippen molar-refractivity contribution in [3.63, 3.8) is 0 Å². The molecule has 1 N–H and O–H groups in total. The summed E-state index contributed by atoms with van der Waals surface area (Å²) < 4.78 is 5.27.